The third-order valence-corrected chi connectivity index (χ3v) is 3.78. The zero-order valence-corrected chi connectivity index (χ0v) is 13.3. The van der Waals surface area contributed by atoms with E-state index < -0.39 is 0 Å². The molecule has 0 saturated heterocycles. The van der Waals surface area contributed by atoms with Gasteiger partial charge in [0.1, 0.15) is 5.76 Å². The molecule has 2 atom stereocenters. The summed E-state index contributed by atoms with van der Waals surface area (Å²) in [6, 6.07) is 2.04. The number of carbonyl (C=O) groups excluding carboxylic acids is 1. The summed E-state index contributed by atoms with van der Waals surface area (Å²) < 4.78 is 5.06. The van der Waals surface area contributed by atoms with Crippen LogP contribution in [0.4, 0.5) is 0 Å². The summed E-state index contributed by atoms with van der Waals surface area (Å²) >= 11 is 0. The number of aromatic nitrogens is 1. The molecule has 5 heteroatoms. The Balaban J connectivity index is 2.51. The van der Waals surface area contributed by atoms with Crippen molar-refractivity contribution in [3.63, 3.8) is 0 Å². The second-order valence-electron chi connectivity index (χ2n) is 5.37. The van der Waals surface area contributed by atoms with Crippen molar-refractivity contribution in [2.45, 2.75) is 59.0 Å². The van der Waals surface area contributed by atoms with E-state index in [9.17, 15) is 4.79 Å². The Kier molecular flexibility index (Phi) is 6.71. The van der Waals surface area contributed by atoms with Gasteiger partial charge in [0, 0.05) is 24.6 Å². The number of hydrogen-bond donors (Lipinski definition) is 1. The Labute approximate surface area is 121 Å². The zero-order valence-electron chi connectivity index (χ0n) is 13.3. The van der Waals surface area contributed by atoms with E-state index in [1.807, 2.05) is 13.8 Å². The summed E-state index contributed by atoms with van der Waals surface area (Å²) in [4.78, 5) is 14.3. The second-order valence-corrected chi connectivity index (χ2v) is 5.37. The molecule has 5 nitrogen and oxygen atoms in total. The third-order valence-electron chi connectivity index (χ3n) is 3.78. The molecule has 0 aromatic carbocycles. The van der Waals surface area contributed by atoms with Crippen LogP contribution in [0, 0.1) is 0 Å². The average molecular weight is 281 g/mol. The lowest BCUT2D eigenvalue weighted by Crippen LogP contribution is -2.47. The first-order valence-electron chi connectivity index (χ1n) is 7.46. The smallest absolute Gasteiger partial charge is 0.273 e. The highest BCUT2D eigenvalue weighted by molar-refractivity contribution is 5.92. The molecule has 2 unspecified atom stereocenters. The monoisotopic (exact) mass is 281 g/mol. The molecule has 20 heavy (non-hydrogen) atoms. The van der Waals surface area contributed by atoms with Crippen molar-refractivity contribution in [3.05, 3.63) is 17.5 Å². The van der Waals surface area contributed by atoms with Crippen molar-refractivity contribution in [1.29, 1.82) is 0 Å². The van der Waals surface area contributed by atoms with E-state index in [0.29, 0.717) is 5.69 Å². The van der Waals surface area contributed by atoms with Crippen molar-refractivity contribution in [2.24, 2.45) is 0 Å². The maximum Gasteiger partial charge on any atom is 0.273 e. The molecular formula is C15H27N3O2. The van der Waals surface area contributed by atoms with Crippen LogP contribution in [0.25, 0.3) is 0 Å². The number of nitrogens with one attached hydrogen (secondary N) is 1. The molecule has 1 heterocycles. The van der Waals surface area contributed by atoms with Crippen molar-refractivity contribution < 1.29 is 9.32 Å². The van der Waals surface area contributed by atoms with Gasteiger partial charge in [-0.2, -0.15) is 0 Å². The Morgan fingerprint density at radius 1 is 1.45 bits per heavy atom. The molecule has 0 spiro atoms. The molecule has 1 amide bonds. The molecule has 0 bridgehead atoms. The molecule has 0 fully saturated rings. The largest absolute Gasteiger partial charge is 0.361 e. The molecule has 0 aliphatic carbocycles. The lowest BCUT2D eigenvalue weighted by molar-refractivity contribution is 0.0903. The fraction of sp³-hybridized carbons (Fsp3) is 0.733. The van der Waals surface area contributed by atoms with Crippen LogP contribution in [0.2, 0.25) is 0 Å². The van der Waals surface area contributed by atoms with E-state index in [1.54, 1.807) is 6.07 Å². The molecule has 0 aliphatic rings. The van der Waals surface area contributed by atoms with Crippen molar-refractivity contribution in [1.82, 2.24) is 15.4 Å². The van der Waals surface area contributed by atoms with E-state index in [1.165, 1.54) is 12.8 Å². The van der Waals surface area contributed by atoms with Gasteiger partial charge >= 0.3 is 0 Å². The summed E-state index contributed by atoms with van der Waals surface area (Å²) in [5, 5.41) is 6.78. The third kappa shape index (κ3) is 4.63. The minimum atomic E-state index is -0.170. The summed E-state index contributed by atoms with van der Waals surface area (Å²) in [5.41, 5.74) is 0.358. The number of aryl methyl sites for hydroxylation is 1. The van der Waals surface area contributed by atoms with Crippen molar-refractivity contribution in [2.75, 3.05) is 13.6 Å². The summed E-state index contributed by atoms with van der Waals surface area (Å²) in [6.07, 6.45) is 3.09. The summed E-state index contributed by atoms with van der Waals surface area (Å²) in [6.45, 7) is 9.34. The fourth-order valence-electron chi connectivity index (χ4n) is 1.98. The molecular weight excluding hydrogens is 254 g/mol. The highest BCUT2D eigenvalue weighted by Crippen LogP contribution is 2.07. The van der Waals surface area contributed by atoms with Gasteiger partial charge in [0.05, 0.1) is 0 Å². The summed E-state index contributed by atoms with van der Waals surface area (Å²) in [7, 11) is 2.09. The molecule has 1 N–H and O–H groups in total. The van der Waals surface area contributed by atoms with E-state index in [4.69, 9.17) is 4.52 Å². The van der Waals surface area contributed by atoms with Crippen molar-refractivity contribution in [3.8, 4) is 0 Å². The van der Waals surface area contributed by atoms with Gasteiger partial charge in [-0.15, -0.1) is 0 Å². The minimum Gasteiger partial charge on any atom is -0.361 e. The van der Waals surface area contributed by atoms with Gasteiger partial charge in [-0.25, -0.2) is 0 Å². The summed E-state index contributed by atoms with van der Waals surface area (Å²) in [5.74, 6) is 0.563. The quantitative estimate of drug-likeness (QED) is 0.795. The topological polar surface area (TPSA) is 58.4 Å². The lowest BCUT2D eigenvalue weighted by atomic mass is 10.1. The predicted octanol–water partition coefficient (Wildman–Crippen LogP) is 2.48. The Morgan fingerprint density at radius 2 is 2.15 bits per heavy atom. The van der Waals surface area contributed by atoms with Crippen molar-refractivity contribution >= 4 is 5.91 Å². The second kappa shape index (κ2) is 8.04. The normalized spacial score (nSPS) is 14.3. The van der Waals surface area contributed by atoms with Gasteiger partial charge in [0.15, 0.2) is 5.69 Å². The van der Waals surface area contributed by atoms with Gasteiger partial charge < -0.3 is 14.7 Å². The van der Waals surface area contributed by atoms with E-state index in [0.717, 1.165) is 18.7 Å². The molecule has 0 saturated carbocycles. The SMILES string of the molecule is CCCCN(C)C(C)C(C)NC(=O)c1cc(CC)on1. The predicted molar refractivity (Wildman–Crippen MR) is 79.8 cm³/mol. The zero-order chi connectivity index (χ0) is 15.1. The van der Waals surface area contributed by atoms with Crippen LogP contribution >= 0.6 is 0 Å². The van der Waals surface area contributed by atoms with Gasteiger partial charge in [-0.05, 0) is 33.9 Å². The minimum absolute atomic E-state index is 0.0612. The number of amides is 1. The Hall–Kier alpha value is -1.36. The number of carbonyl (C=O) groups is 1. The van der Waals surface area contributed by atoms with E-state index in [2.05, 4.69) is 36.3 Å². The lowest BCUT2D eigenvalue weighted by Gasteiger charge is -2.30. The highest BCUT2D eigenvalue weighted by atomic mass is 16.5. The highest BCUT2D eigenvalue weighted by Gasteiger charge is 2.20. The van der Waals surface area contributed by atoms with Crippen LogP contribution in [0.15, 0.2) is 10.6 Å². The fourth-order valence-corrected chi connectivity index (χ4v) is 1.98. The standard InChI is InChI=1S/C15H27N3O2/c1-6-8-9-18(5)12(4)11(3)16-15(19)14-10-13(7-2)20-17-14/h10-12H,6-9H2,1-5H3,(H,16,19). The molecule has 1 aromatic heterocycles. The first kappa shape index (κ1) is 16.7. The number of unbranched alkanes of at least 4 members (excludes halogenated alkanes) is 1. The van der Waals surface area contributed by atoms with Crippen LogP contribution in [0.3, 0.4) is 0 Å². The first-order chi connectivity index (χ1) is 9.49. The molecule has 0 radical (unpaired) electrons. The van der Waals surface area contributed by atoms with Crippen LogP contribution in [0.5, 0.6) is 0 Å². The molecule has 1 aromatic rings. The Morgan fingerprint density at radius 3 is 2.70 bits per heavy atom. The van der Waals surface area contributed by atoms with Gasteiger partial charge in [0.2, 0.25) is 0 Å². The maximum atomic E-state index is 12.1. The van der Waals surface area contributed by atoms with Gasteiger partial charge in [0.25, 0.3) is 5.91 Å². The first-order valence-corrected chi connectivity index (χ1v) is 7.46. The van der Waals surface area contributed by atoms with E-state index in [-0.39, 0.29) is 18.0 Å². The van der Waals surface area contributed by atoms with Crippen LogP contribution in [-0.2, 0) is 6.42 Å². The van der Waals surface area contributed by atoms with E-state index >= 15 is 0 Å². The Bertz CT molecular complexity index is 417. The number of hydrogen-bond acceptors (Lipinski definition) is 4. The van der Waals surface area contributed by atoms with Crippen LogP contribution < -0.4 is 5.32 Å². The van der Waals surface area contributed by atoms with Crippen LogP contribution in [-0.4, -0.2) is 41.6 Å². The van der Waals surface area contributed by atoms with Gasteiger partial charge in [-0.3, -0.25) is 4.79 Å². The molecule has 1 rings (SSSR count). The molecule has 0 aliphatic heterocycles. The van der Waals surface area contributed by atoms with Gasteiger partial charge in [-0.1, -0.05) is 25.4 Å². The average Bonchev–Trinajstić information content (AvgIpc) is 2.92. The number of likely N-dealkylation sites (N-methyl/N-ethyl adjacent to an activating group) is 1. The molecule has 114 valence electrons. The van der Waals surface area contributed by atoms with Crippen LogP contribution in [0.1, 0.15) is 56.8 Å². The number of rotatable bonds is 8. The maximum absolute atomic E-state index is 12.1. The number of nitrogens with zero attached hydrogens (tertiary/aromatic N) is 2.